The summed E-state index contributed by atoms with van der Waals surface area (Å²) in [5.41, 5.74) is -0.0259. The molecule has 0 aliphatic rings. The molecule has 0 aromatic heterocycles. The van der Waals surface area contributed by atoms with Crippen LogP contribution in [0.3, 0.4) is 0 Å². The van der Waals surface area contributed by atoms with Crippen molar-refractivity contribution in [2.45, 2.75) is 66.3 Å². The minimum Gasteiger partial charge on any atom is -0.351 e. The van der Waals surface area contributed by atoms with Gasteiger partial charge in [0.05, 0.1) is 0 Å². The summed E-state index contributed by atoms with van der Waals surface area (Å²) in [5.74, 6) is 0.142. The molecule has 80 valence electrons. The first kappa shape index (κ1) is 15.0. The van der Waals surface area contributed by atoms with Crippen LogP contribution in [-0.4, -0.2) is 11.4 Å². The molecule has 0 radical (unpaired) electrons. The Morgan fingerprint density at radius 2 is 1.69 bits per heavy atom. The summed E-state index contributed by atoms with van der Waals surface area (Å²) >= 11 is 0. The SMILES string of the molecule is CC.CCCC(C)(C)NC(=O)CC. The van der Waals surface area contributed by atoms with E-state index in [1.165, 1.54) is 0 Å². The molecule has 0 spiro atoms. The highest BCUT2D eigenvalue weighted by Gasteiger charge is 2.17. The van der Waals surface area contributed by atoms with E-state index in [0.29, 0.717) is 6.42 Å². The van der Waals surface area contributed by atoms with Gasteiger partial charge in [-0.3, -0.25) is 4.79 Å². The standard InChI is InChI=1S/C9H19NO.C2H6/c1-5-7-9(3,4)10-8(11)6-2;1-2/h5-7H2,1-4H3,(H,10,11);1-2H3. The molecule has 1 N–H and O–H groups in total. The third-order valence-electron chi connectivity index (χ3n) is 1.67. The molecule has 0 heterocycles. The second kappa shape index (κ2) is 8.09. The van der Waals surface area contributed by atoms with Crippen LogP contribution in [0.25, 0.3) is 0 Å². The Morgan fingerprint density at radius 3 is 2.00 bits per heavy atom. The molecule has 0 aromatic carbocycles. The van der Waals surface area contributed by atoms with Gasteiger partial charge in [0.15, 0.2) is 0 Å². The lowest BCUT2D eigenvalue weighted by Gasteiger charge is -2.25. The van der Waals surface area contributed by atoms with Crippen LogP contribution in [0.1, 0.15) is 60.8 Å². The fraction of sp³-hybridized carbons (Fsp3) is 0.909. The summed E-state index contributed by atoms with van der Waals surface area (Å²) in [6.07, 6.45) is 2.73. The Kier molecular flexibility index (Phi) is 9.31. The topological polar surface area (TPSA) is 29.1 Å². The van der Waals surface area contributed by atoms with E-state index in [-0.39, 0.29) is 11.4 Å². The molecule has 0 aromatic rings. The molecule has 0 aliphatic heterocycles. The molecule has 0 atom stereocenters. The number of carbonyl (C=O) groups is 1. The summed E-state index contributed by atoms with van der Waals surface area (Å²) in [6, 6.07) is 0. The summed E-state index contributed by atoms with van der Waals surface area (Å²) in [6.45, 7) is 12.1. The molecular formula is C11H25NO. The van der Waals surface area contributed by atoms with Gasteiger partial charge in [-0.25, -0.2) is 0 Å². The number of rotatable bonds is 4. The molecule has 0 aliphatic carbocycles. The normalized spacial score (nSPS) is 10.0. The lowest BCUT2D eigenvalue weighted by atomic mass is 9.99. The molecule has 0 saturated heterocycles. The van der Waals surface area contributed by atoms with Gasteiger partial charge < -0.3 is 5.32 Å². The quantitative estimate of drug-likeness (QED) is 0.720. The molecule has 2 heteroatoms. The Morgan fingerprint density at radius 1 is 1.23 bits per heavy atom. The van der Waals surface area contributed by atoms with Gasteiger partial charge in [-0.05, 0) is 20.3 Å². The van der Waals surface area contributed by atoms with Gasteiger partial charge in [0.1, 0.15) is 0 Å². The van der Waals surface area contributed by atoms with Crippen molar-refractivity contribution in [2.24, 2.45) is 0 Å². The predicted octanol–water partition coefficient (Wildman–Crippen LogP) is 3.12. The molecule has 0 unspecified atom stereocenters. The van der Waals surface area contributed by atoms with Crippen LogP contribution in [0.4, 0.5) is 0 Å². The largest absolute Gasteiger partial charge is 0.351 e. The third-order valence-corrected chi connectivity index (χ3v) is 1.67. The number of amides is 1. The van der Waals surface area contributed by atoms with Gasteiger partial charge in [0.2, 0.25) is 5.91 Å². The number of carbonyl (C=O) groups excluding carboxylic acids is 1. The zero-order chi connectivity index (χ0) is 10.9. The highest BCUT2D eigenvalue weighted by atomic mass is 16.1. The Balaban J connectivity index is 0. The van der Waals surface area contributed by atoms with Crippen molar-refractivity contribution in [3.8, 4) is 0 Å². The third kappa shape index (κ3) is 9.38. The van der Waals surface area contributed by atoms with Gasteiger partial charge in [0, 0.05) is 12.0 Å². The first-order chi connectivity index (χ1) is 6.02. The van der Waals surface area contributed by atoms with Crippen molar-refractivity contribution in [3.63, 3.8) is 0 Å². The average Bonchev–Trinajstić information content (AvgIpc) is 2.07. The molecule has 1 amide bonds. The molecule has 13 heavy (non-hydrogen) atoms. The maximum absolute atomic E-state index is 11.0. The second-order valence-electron chi connectivity index (χ2n) is 3.54. The van der Waals surface area contributed by atoms with Crippen LogP contribution in [0.2, 0.25) is 0 Å². The van der Waals surface area contributed by atoms with E-state index in [9.17, 15) is 4.79 Å². The van der Waals surface area contributed by atoms with E-state index in [4.69, 9.17) is 0 Å². The first-order valence-electron chi connectivity index (χ1n) is 5.33. The van der Waals surface area contributed by atoms with E-state index >= 15 is 0 Å². The predicted molar refractivity (Wildman–Crippen MR) is 58.8 cm³/mol. The molecule has 0 saturated carbocycles. The van der Waals surface area contributed by atoms with Crippen LogP contribution in [0.15, 0.2) is 0 Å². The summed E-state index contributed by atoms with van der Waals surface area (Å²) in [7, 11) is 0. The summed E-state index contributed by atoms with van der Waals surface area (Å²) < 4.78 is 0. The summed E-state index contributed by atoms with van der Waals surface area (Å²) in [4.78, 5) is 11.0. The number of hydrogen-bond acceptors (Lipinski definition) is 1. The molecule has 0 fully saturated rings. The van der Waals surface area contributed by atoms with Crippen molar-refractivity contribution < 1.29 is 4.79 Å². The minimum absolute atomic E-state index is 0.0259. The maximum Gasteiger partial charge on any atom is 0.220 e. The molecule has 2 nitrogen and oxygen atoms in total. The lowest BCUT2D eigenvalue weighted by molar-refractivity contribution is -0.122. The van der Waals surface area contributed by atoms with Crippen LogP contribution < -0.4 is 5.32 Å². The van der Waals surface area contributed by atoms with Crippen LogP contribution in [-0.2, 0) is 4.79 Å². The fourth-order valence-corrected chi connectivity index (χ4v) is 1.15. The Hall–Kier alpha value is -0.530. The van der Waals surface area contributed by atoms with Gasteiger partial charge >= 0.3 is 0 Å². The molecule has 0 bridgehead atoms. The van der Waals surface area contributed by atoms with Gasteiger partial charge in [0.25, 0.3) is 0 Å². The highest BCUT2D eigenvalue weighted by molar-refractivity contribution is 5.76. The van der Waals surface area contributed by atoms with Gasteiger partial charge in [-0.1, -0.05) is 34.1 Å². The van der Waals surface area contributed by atoms with E-state index in [1.54, 1.807) is 0 Å². The number of nitrogens with one attached hydrogen (secondary N) is 1. The smallest absolute Gasteiger partial charge is 0.220 e. The van der Waals surface area contributed by atoms with Crippen LogP contribution in [0, 0.1) is 0 Å². The Labute approximate surface area is 83.1 Å². The van der Waals surface area contributed by atoms with E-state index in [2.05, 4.69) is 26.1 Å². The Bertz CT molecular complexity index is 130. The van der Waals surface area contributed by atoms with Crippen molar-refractivity contribution in [1.29, 1.82) is 0 Å². The van der Waals surface area contributed by atoms with Crippen LogP contribution >= 0.6 is 0 Å². The fourth-order valence-electron chi connectivity index (χ4n) is 1.15. The van der Waals surface area contributed by atoms with Crippen molar-refractivity contribution >= 4 is 5.91 Å². The zero-order valence-corrected chi connectivity index (χ0v) is 10.0. The number of hydrogen-bond donors (Lipinski definition) is 1. The maximum atomic E-state index is 11.0. The molecule has 0 rings (SSSR count). The highest BCUT2D eigenvalue weighted by Crippen LogP contribution is 2.10. The monoisotopic (exact) mass is 187 g/mol. The average molecular weight is 187 g/mol. The minimum atomic E-state index is -0.0259. The lowest BCUT2D eigenvalue weighted by Crippen LogP contribution is -2.42. The van der Waals surface area contributed by atoms with Crippen LogP contribution in [0.5, 0.6) is 0 Å². The van der Waals surface area contributed by atoms with Crippen molar-refractivity contribution in [2.75, 3.05) is 0 Å². The summed E-state index contributed by atoms with van der Waals surface area (Å²) in [5, 5.41) is 2.97. The zero-order valence-electron chi connectivity index (χ0n) is 10.0. The van der Waals surface area contributed by atoms with Gasteiger partial charge in [-0.2, -0.15) is 0 Å². The van der Waals surface area contributed by atoms with E-state index in [1.807, 2.05) is 20.8 Å². The van der Waals surface area contributed by atoms with E-state index in [0.717, 1.165) is 12.8 Å². The van der Waals surface area contributed by atoms with Crippen molar-refractivity contribution in [1.82, 2.24) is 5.32 Å². The second-order valence-corrected chi connectivity index (χ2v) is 3.54. The van der Waals surface area contributed by atoms with Crippen molar-refractivity contribution in [3.05, 3.63) is 0 Å². The van der Waals surface area contributed by atoms with E-state index < -0.39 is 0 Å². The first-order valence-corrected chi connectivity index (χ1v) is 5.33. The molecular weight excluding hydrogens is 162 g/mol. The van der Waals surface area contributed by atoms with Gasteiger partial charge in [-0.15, -0.1) is 0 Å².